The summed E-state index contributed by atoms with van der Waals surface area (Å²) in [5.74, 6) is 0. The Balaban J connectivity index is -0.000000201. The first kappa shape index (κ1) is 43.3. The van der Waals surface area contributed by atoms with Crippen LogP contribution in [0.15, 0.2) is 24.3 Å². The number of rotatable bonds is 7. The Labute approximate surface area is 239 Å². The van der Waals surface area contributed by atoms with Crippen molar-refractivity contribution in [2.45, 2.75) is 129 Å². The Bertz CT molecular complexity index is 522. The zero-order chi connectivity index (χ0) is 28.6. The fraction of sp³-hybridized carbons (Fsp3) is 0.800. The summed E-state index contributed by atoms with van der Waals surface area (Å²) in [7, 11) is 0. The summed E-state index contributed by atoms with van der Waals surface area (Å²) in [5, 5.41) is 2.61. The Kier molecular flexibility index (Phi) is 26.6. The maximum Gasteiger partial charge on any atom is 4.00 e. The van der Waals surface area contributed by atoms with E-state index in [1.54, 1.807) is 0 Å². The fourth-order valence-corrected chi connectivity index (χ4v) is 6.57. The molecule has 212 valence electrons. The number of alkyl halides is 6. The summed E-state index contributed by atoms with van der Waals surface area (Å²) < 4.78 is 72.3. The zero-order valence-electron chi connectivity index (χ0n) is 24.0. The summed E-state index contributed by atoms with van der Waals surface area (Å²) in [6.07, 6.45) is 0. The maximum absolute atomic E-state index is 12.1. The van der Waals surface area contributed by atoms with E-state index in [-0.39, 0.29) is 26.2 Å². The molecule has 36 heavy (non-hydrogen) atoms. The molecule has 0 bridgehead atoms. The molecule has 0 aliphatic rings. The van der Waals surface area contributed by atoms with Gasteiger partial charge in [-0.1, -0.05) is 83.1 Å². The largest absolute Gasteiger partial charge is 4.00 e. The molecule has 0 atom stereocenters. The van der Waals surface area contributed by atoms with Gasteiger partial charge in [-0.2, -0.15) is 0 Å². The van der Waals surface area contributed by atoms with Crippen molar-refractivity contribution >= 4 is 18.7 Å². The minimum absolute atomic E-state index is 0. The minimum Gasteiger partial charge on any atom is 4.00 e. The molecule has 0 aromatic heterocycles. The molecule has 0 saturated carbocycles. The van der Waals surface area contributed by atoms with Gasteiger partial charge in [-0.15, -0.1) is 36.3 Å². The van der Waals surface area contributed by atoms with Crippen LogP contribution in [0.1, 0.15) is 83.1 Å². The van der Waals surface area contributed by atoms with Gasteiger partial charge in [0.2, 0.25) is 0 Å². The summed E-state index contributed by atoms with van der Waals surface area (Å²) in [6.45, 7) is 25.2. The quantitative estimate of drug-likeness (QED) is 0.159. The molecule has 11 heteroatoms. The first-order valence-electron chi connectivity index (χ1n) is 12.1. The van der Waals surface area contributed by atoms with Gasteiger partial charge in [0.05, 0.1) is 0 Å². The van der Waals surface area contributed by atoms with Crippen LogP contribution in [0.4, 0.5) is 26.3 Å². The molecule has 1 aromatic rings. The third-order valence-electron chi connectivity index (χ3n) is 3.47. The molecule has 1 rings (SSSR count). The molecule has 0 amide bonds. The number of halogens is 6. The van der Waals surface area contributed by atoms with Gasteiger partial charge in [0.25, 0.3) is 0 Å². The second-order valence-electron chi connectivity index (χ2n) is 9.74. The molecule has 0 spiro atoms. The van der Waals surface area contributed by atoms with Gasteiger partial charge >= 0.3 is 106 Å². The van der Waals surface area contributed by atoms with E-state index in [0.29, 0.717) is 36.3 Å². The van der Waals surface area contributed by atoms with Crippen LogP contribution in [0.3, 0.4) is 0 Å². The van der Waals surface area contributed by atoms with Crippen LogP contribution in [0.5, 0.6) is 0 Å². The Hall–Kier alpha value is 0.236. The molecule has 0 N–H and O–H groups in total. The zero-order valence-corrected chi connectivity index (χ0v) is 28.8. The van der Waals surface area contributed by atoms with E-state index in [0.717, 1.165) is 12.1 Å². The second-order valence-corrected chi connectivity index (χ2v) is 15.7. The Morgan fingerprint density at radius 1 is 0.500 bits per heavy atom. The van der Waals surface area contributed by atoms with Crippen LogP contribution in [-0.4, -0.2) is 60.6 Å². The third-order valence-corrected chi connectivity index (χ3v) is 8.42. The topological polar surface area (TPSA) is 42.3 Å². The molecule has 1 aromatic carbocycles. The average molecular weight is 667 g/mol. The van der Waals surface area contributed by atoms with Crippen LogP contribution < -0.4 is 4.40 Å². The van der Waals surface area contributed by atoms with E-state index in [1.165, 1.54) is 12.1 Å². The predicted octanol–water partition coefficient (Wildman–Crippen LogP) is 8.57. The van der Waals surface area contributed by atoms with Gasteiger partial charge in [-0.05, 0) is 0 Å². The summed E-state index contributed by atoms with van der Waals surface area (Å²) in [5.41, 5.74) is 0. The second kappa shape index (κ2) is 22.1. The third kappa shape index (κ3) is 30.5. The summed E-state index contributed by atoms with van der Waals surface area (Å²) in [6, 6.07) is 7.16. The molecule has 0 unspecified atom stereocenters. The van der Waals surface area contributed by atoms with Crippen molar-refractivity contribution in [3.05, 3.63) is 40.2 Å². The molecule has 3 nitrogen and oxygen atoms in total. The van der Waals surface area contributed by atoms with Crippen LogP contribution in [-0.2, 0) is 26.2 Å². The monoisotopic (exact) mass is 667 g/mol. The normalized spacial score (nSPS) is 11.8. The Morgan fingerprint density at radius 3 is 0.806 bits per heavy atom. The molecular weight excluding hydrogens is 620 g/mol. The van der Waals surface area contributed by atoms with E-state index >= 15 is 0 Å². The predicted molar refractivity (Wildman–Crippen MR) is 142 cm³/mol. The van der Waals surface area contributed by atoms with E-state index in [1.807, 2.05) is 0 Å². The molecule has 0 saturated heterocycles. The van der Waals surface area contributed by atoms with Gasteiger partial charge in [-0.3, -0.25) is 0 Å². The van der Waals surface area contributed by atoms with Crippen molar-refractivity contribution < 1.29 is 52.5 Å². The van der Waals surface area contributed by atoms with Crippen molar-refractivity contribution in [3.63, 3.8) is 0 Å². The van der Waals surface area contributed by atoms with Crippen LogP contribution in [0.2, 0.25) is 0 Å². The van der Waals surface area contributed by atoms with Gasteiger partial charge in [-0.25, -0.2) is 0 Å². The van der Waals surface area contributed by atoms with Crippen LogP contribution in [0, 0.1) is 0 Å². The first-order chi connectivity index (χ1) is 15.6. The first-order valence-corrected chi connectivity index (χ1v) is 15.7. The van der Waals surface area contributed by atoms with Gasteiger partial charge in [0.15, 0.2) is 0 Å². The maximum atomic E-state index is 12.1. The van der Waals surface area contributed by atoms with Crippen molar-refractivity contribution in [3.8, 4) is 0 Å². The van der Waals surface area contributed by atoms with E-state index in [9.17, 15) is 26.3 Å². The smallest absolute Gasteiger partial charge is 4.00 e. The van der Waals surface area contributed by atoms with Crippen LogP contribution >= 0.6 is 0 Å². The van der Waals surface area contributed by atoms with Crippen molar-refractivity contribution in [1.82, 2.24) is 0 Å². The number of hydrogen-bond acceptors (Lipinski definition) is 0. The Morgan fingerprint density at radius 2 is 0.694 bits per heavy atom. The van der Waals surface area contributed by atoms with Crippen molar-refractivity contribution in [2.75, 3.05) is 0 Å². The van der Waals surface area contributed by atoms with Gasteiger partial charge in [0.1, 0.15) is 0 Å². The molecular formula is C25H47F6GeN3Zr. The summed E-state index contributed by atoms with van der Waals surface area (Å²) >= 11 is -5.46. The van der Waals surface area contributed by atoms with E-state index < -0.39 is 28.8 Å². The molecule has 0 heterocycles. The number of hydrogen-bond donors (Lipinski definition) is 0. The molecule has 0 aliphatic heterocycles. The van der Waals surface area contributed by atoms with Gasteiger partial charge in [0, 0.05) is 0 Å². The van der Waals surface area contributed by atoms with E-state index in [2.05, 4.69) is 99.0 Å². The van der Waals surface area contributed by atoms with E-state index in [4.69, 9.17) is 0 Å². The number of nitrogens with zero attached hydrogens (tertiary/aromatic N) is 3. The minimum atomic E-state index is -5.46. The molecule has 0 radical (unpaired) electrons. The molecule has 0 fully saturated rings. The fourth-order valence-electron chi connectivity index (χ4n) is 2.93. The standard InChI is InChI=1S/C7H5F6Ge.3C6H14N.Zr/c8-6(9,10)14(7(11,12)13)5-3-1-2-4-5;3*1-5(2)7-6(3)4;/h1-4,14H;3*5-6H,1-4H3;/q4*-1;+4. The van der Waals surface area contributed by atoms with Crippen molar-refractivity contribution in [1.29, 1.82) is 0 Å². The SMILES string of the molecule is CC(C)[N-]C(C)C.CC(C)[N-]C(C)C.CC(C)[N-]C(C)C.F[C](F)(F)[GeH]([c-]1cccc1)[C](F)(F)F.[Zr+4]. The summed E-state index contributed by atoms with van der Waals surface area (Å²) in [4.78, 5) is 0. The van der Waals surface area contributed by atoms with Crippen molar-refractivity contribution in [2.24, 2.45) is 0 Å². The van der Waals surface area contributed by atoms with Gasteiger partial charge < -0.3 is 16.0 Å². The average Bonchev–Trinajstić information content (AvgIpc) is 3.02. The molecule has 0 aliphatic carbocycles. The van der Waals surface area contributed by atoms with Crippen LogP contribution in [0.25, 0.3) is 16.0 Å².